The van der Waals surface area contributed by atoms with Crippen molar-refractivity contribution in [3.63, 3.8) is 0 Å². The number of rotatable bonds is 5. The first-order chi connectivity index (χ1) is 15.0. The molecule has 1 saturated heterocycles. The summed E-state index contributed by atoms with van der Waals surface area (Å²) in [7, 11) is 0. The van der Waals surface area contributed by atoms with Crippen LogP contribution in [0.1, 0.15) is 24.1 Å². The van der Waals surface area contributed by atoms with Gasteiger partial charge in [-0.3, -0.25) is 4.79 Å². The molecule has 1 aromatic carbocycles. The van der Waals surface area contributed by atoms with E-state index in [0.29, 0.717) is 0 Å². The Morgan fingerprint density at radius 3 is 2.59 bits per heavy atom. The van der Waals surface area contributed by atoms with Gasteiger partial charge in [-0.05, 0) is 36.2 Å². The average Bonchev–Trinajstić information content (AvgIpc) is 2.74. The number of carbonyl (C=O) groups excluding carboxylic acids is 2. The molecule has 1 aliphatic heterocycles. The summed E-state index contributed by atoms with van der Waals surface area (Å²) in [5.41, 5.74) is 0.440. The van der Waals surface area contributed by atoms with E-state index < -0.39 is 42.5 Å². The summed E-state index contributed by atoms with van der Waals surface area (Å²) in [6.07, 6.45) is -3.38. The number of nitrogens with zero attached hydrogens (tertiary/aromatic N) is 2. The molecule has 1 aliphatic rings. The molecule has 12 heteroatoms. The number of amides is 3. The van der Waals surface area contributed by atoms with Crippen LogP contribution < -0.4 is 15.4 Å². The highest BCUT2D eigenvalue weighted by Gasteiger charge is 2.31. The van der Waals surface area contributed by atoms with E-state index in [1.54, 1.807) is 0 Å². The SMILES string of the molecule is C[C@@H]1C(=O)NCCN1C(=O)N[C@H](c1ccc(OCC(F)(F)F)nc1)c1ccc(F)c(F)c1. The summed E-state index contributed by atoms with van der Waals surface area (Å²) in [5.74, 6) is -2.88. The third-order valence-electron chi connectivity index (χ3n) is 4.78. The van der Waals surface area contributed by atoms with Crippen LogP contribution in [-0.2, 0) is 4.79 Å². The van der Waals surface area contributed by atoms with Gasteiger partial charge in [-0.2, -0.15) is 13.2 Å². The van der Waals surface area contributed by atoms with Gasteiger partial charge in [0, 0.05) is 25.4 Å². The maximum Gasteiger partial charge on any atom is 0.422 e. The van der Waals surface area contributed by atoms with Gasteiger partial charge in [0.25, 0.3) is 0 Å². The number of hydrogen-bond donors (Lipinski definition) is 2. The van der Waals surface area contributed by atoms with Gasteiger partial charge >= 0.3 is 12.2 Å². The van der Waals surface area contributed by atoms with Crippen LogP contribution >= 0.6 is 0 Å². The Morgan fingerprint density at radius 2 is 1.97 bits per heavy atom. The highest BCUT2D eigenvalue weighted by atomic mass is 19.4. The first-order valence-electron chi connectivity index (χ1n) is 9.50. The molecule has 0 radical (unpaired) electrons. The van der Waals surface area contributed by atoms with Gasteiger partial charge in [0.05, 0.1) is 6.04 Å². The van der Waals surface area contributed by atoms with Crippen molar-refractivity contribution in [2.45, 2.75) is 25.2 Å². The zero-order valence-electron chi connectivity index (χ0n) is 16.7. The second kappa shape index (κ2) is 9.37. The number of carbonyl (C=O) groups is 2. The van der Waals surface area contributed by atoms with Gasteiger partial charge in [0.15, 0.2) is 18.2 Å². The highest BCUT2D eigenvalue weighted by Crippen LogP contribution is 2.26. The molecule has 0 unspecified atom stereocenters. The molecule has 1 fully saturated rings. The molecule has 3 rings (SSSR count). The predicted molar refractivity (Wildman–Crippen MR) is 102 cm³/mol. The first-order valence-corrected chi connectivity index (χ1v) is 9.50. The molecule has 1 aromatic heterocycles. The largest absolute Gasteiger partial charge is 0.468 e. The Bertz CT molecular complexity index is 984. The topological polar surface area (TPSA) is 83.6 Å². The van der Waals surface area contributed by atoms with Crippen molar-refractivity contribution in [3.8, 4) is 5.88 Å². The van der Waals surface area contributed by atoms with Crippen molar-refractivity contribution in [2.75, 3.05) is 19.7 Å². The number of alkyl halides is 3. The van der Waals surface area contributed by atoms with E-state index in [1.165, 1.54) is 24.0 Å². The van der Waals surface area contributed by atoms with Crippen LogP contribution in [0.5, 0.6) is 5.88 Å². The minimum Gasteiger partial charge on any atom is -0.468 e. The van der Waals surface area contributed by atoms with E-state index >= 15 is 0 Å². The van der Waals surface area contributed by atoms with Crippen molar-refractivity contribution in [3.05, 3.63) is 59.3 Å². The summed E-state index contributed by atoms with van der Waals surface area (Å²) in [6, 6.07) is 3.11. The van der Waals surface area contributed by atoms with E-state index in [2.05, 4.69) is 20.4 Å². The Labute approximate surface area is 179 Å². The second-order valence-corrected chi connectivity index (χ2v) is 7.05. The number of halogens is 5. The first kappa shape index (κ1) is 23.2. The Balaban J connectivity index is 1.86. The maximum absolute atomic E-state index is 13.8. The van der Waals surface area contributed by atoms with Crippen LogP contribution in [0.3, 0.4) is 0 Å². The van der Waals surface area contributed by atoms with Crippen molar-refractivity contribution >= 4 is 11.9 Å². The molecule has 172 valence electrons. The number of benzene rings is 1. The maximum atomic E-state index is 13.8. The number of piperazine rings is 1. The molecular formula is C20H19F5N4O3. The molecular weight excluding hydrogens is 439 g/mol. The third-order valence-corrected chi connectivity index (χ3v) is 4.78. The molecule has 7 nitrogen and oxygen atoms in total. The number of aromatic nitrogens is 1. The summed E-state index contributed by atoms with van der Waals surface area (Å²) >= 11 is 0. The summed E-state index contributed by atoms with van der Waals surface area (Å²) < 4.78 is 68.8. The fraction of sp³-hybridized carbons (Fsp3) is 0.350. The molecule has 0 spiro atoms. The van der Waals surface area contributed by atoms with Crippen molar-refractivity contribution < 1.29 is 36.3 Å². The van der Waals surface area contributed by atoms with Crippen LogP contribution in [0.4, 0.5) is 26.7 Å². The van der Waals surface area contributed by atoms with Crippen LogP contribution in [-0.4, -0.2) is 53.7 Å². The van der Waals surface area contributed by atoms with E-state index in [0.717, 1.165) is 24.4 Å². The fourth-order valence-corrected chi connectivity index (χ4v) is 3.12. The van der Waals surface area contributed by atoms with Gasteiger partial charge in [-0.15, -0.1) is 0 Å². The average molecular weight is 458 g/mol. The monoisotopic (exact) mass is 458 g/mol. The molecule has 2 aromatic rings. The summed E-state index contributed by atoms with van der Waals surface area (Å²) in [4.78, 5) is 29.8. The van der Waals surface area contributed by atoms with Gasteiger partial charge in [0.2, 0.25) is 11.8 Å². The second-order valence-electron chi connectivity index (χ2n) is 7.05. The number of hydrogen-bond acceptors (Lipinski definition) is 4. The van der Waals surface area contributed by atoms with Crippen molar-refractivity contribution in [1.29, 1.82) is 0 Å². The van der Waals surface area contributed by atoms with Crippen molar-refractivity contribution in [1.82, 2.24) is 20.5 Å². The normalized spacial score (nSPS) is 17.5. The van der Waals surface area contributed by atoms with Crippen LogP contribution in [0, 0.1) is 11.6 Å². The highest BCUT2D eigenvalue weighted by molar-refractivity contribution is 5.88. The van der Waals surface area contributed by atoms with Crippen LogP contribution in [0.25, 0.3) is 0 Å². The Kier molecular flexibility index (Phi) is 6.80. The number of ether oxygens (including phenoxy) is 1. The molecule has 2 N–H and O–H groups in total. The van der Waals surface area contributed by atoms with E-state index in [4.69, 9.17) is 0 Å². The van der Waals surface area contributed by atoms with Crippen molar-refractivity contribution in [2.24, 2.45) is 0 Å². The van der Waals surface area contributed by atoms with E-state index in [9.17, 15) is 31.5 Å². The molecule has 3 amide bonds. The van der Waals surface area contributed by atoms with E-state index in [-0.39, 0.29) is 36.0 Å². The molecule has 0 saturated carbocycles. The number of nitrogens with one attached hydrogen (secondary N) is 2. The molecule has 32 heavy (non-hydrogen) atoms. The predicted octanol–water partition coefficient (Wildman–Crippen LogP) is 2.92. The quantitative estimate of drug-likeness (QED) is 0.675. The molecule has 0 aliphatic carbocycles. The number of pyridine rings is 1. The standard InChI is InChI=1S/C20H19F5N4O3/c1-11-18(30)26-6-7-29(11)19(31)28-17(12-2-4-14(21)15(22)8-12)13-3-5-16(27-9-13)32-10-20(23,24)25/h2-5,8-9,11,17H,6-7,10H2,1H3,(H,26,30)(H,28,31)/t11-,17+/m1/s1. The Morgan fingerprint density at radius 1 is 1.25 bits per heavy atom. The molecule has 0 bridgehead atoms. The number of urea groups is 1. The zero-order valence-corrected chi connectivity index (χ0v) is 16.7. The fourth-order valence-electron chi connectivity index (χ4n) is 3.12. The van der Waals surface area contributed by atoms with Gasteiger partial charge in [0.1, 0.15) is 6.04 Å². The minimum absolute atomic E-state index is 0.164. The lowest BCUT2D eigenvalue weighted by atomic mass is 10.00. The summed E-state index contributed by atoms with van der Waals surface area (Å²) in [6.45, 7) is 0.484. The van der Waals surface area contributed by atoms with Gasteiger partial charge in [-0.1, -0.05) is 6.07 Å². The zero-order chi connectivity index (χ0) is 23.5. The molecule has 2 heterocycles. The summed E-state index contributed by atoms with van der Waals surface area (Å²) in [5, 5.41) is 5.27. The Hall–Kier alpha value is -3.44. The lowest BCUT2D eigenvalue weighted by Crippen LogP contribution is -2.58. The smallest absolute Gasteiger partial charge is 0.422 e. The van der Waals surface area contributed by atoms with Crippen LogP contribution in [0.2, 0.25) is 0 Å². The molecule has 2 atom stereocenters. The van der Waals surface area contributed by atoms with E-state index in [1.807, 2.05) is 0 Å². The third kappa shape index (κ3) is 5.62. The van der Waals surface area contributed by atoms with Gasteiger partial charge < -0.3 is 20.3 Å². The lowest BCUT2D eigenvalue weighted by Gasteiger charge is -2.34. The van der Waals surface area contributed by atoms with Crippen LogP contribution in [0.15, 0.2) is 36.5 Å². The minimum atomic E-state index is -4.54. The van der Waals surface area contributed by atoms with Gasteiger partial charge in [-0.25, -0.2) is 18.6 Å². The lowest BCUT2D eigenvalue weighted by molar-refractivity contribution is -0.154.